The first-order chi connectivity index (χ1) is 9.56. The van der Waals surface area contributed by atoms with Gasteiger partial charge in [0.25, 0.3) is 0 Å². The van der Waals surface area contributed by atoms with Gasteiger partial charge in [0, 0.05) is 29.4 Å². The van der Waals surface area contributed by atoms with E-state index in [4.69, 9.17) is 0 Å². The molecule has 1 N–H and O–H groups in total. The summed E-state index contributed by atoms with van der Waals surface area (Å²) in [7, 11) is 0. The highest BCUT2D eigenvalue weighted by Crippen LogP contribution is 2.14. The van der Waals surface area contributed by atoms with Gasteiger partial charge in [-0.05, 0) is 19.1 Å². The van der Waals surface area contributed by atoms with Crippen molar-refractivity contribution in [1.82, 2.24) is 14.9 Å². The van der Waals surface area contributed by atoms with Crippen LogP contribution in [0, 0.1) is 17.0 Å². The second kappa shape index (κ2) is 6.40. The van der Waals surface area contributed by atoms with Gasteiger partial charge < -0.3 is 5.32 Å². The highest BCUT2D eigenvalue weighted by atomic mass is 32.1. The molecule has 0 aliphatic carbocycles. The van der Waals surface area contributed by atoms with Crippen molar-refractivity contribution >= 4 is 17.0 Å². The highest BCUT2D eigenvalue weighted by Gasteiger charge is 2.08. The number of aryl methyl sites for hydroxylation is 1. The van der Waals surface area contributed by atoms with Crippen molar-refractivity contribution in [1.29, 1.82) is 0 Å². The first kappa shape index (κ1) is 14.4. The molecule has 0 saturated heterocycles. The maximum atomic E-state index is 11.5. The van der Waals surface area contributed by atoms with Crippen LogP contribution in [0.15, 0.2) is 29.3 Å². The molecule has 0 aliphatic rings. The molecule has 0 spiro atoms. The molecular weight excluding hydrogens is 280 g/mol. The van der Waals surface area contributed by atoms with E-state index in [2.05, 4.69) is 16.4 Å². The van der Waals surface area contributed by atoms with Crippen LogP contribution in [0.3, 0.4) is 0 Å². The number of nitro groups is 1. The van der Waals surface area contributed by atoms with Crippen molar-refractivity contribution in [3.8, 4) is 0 Å². The molecule has 0 bridgehead atoms. The van der Waals surface area contributed by atoms with Crippen LogP contribution in [0.4, 0.5) is 5.69 Å². The molecule has 0 fully saturated rings. The van der Waals surface area contributed by atoms with Crippen LogP contribution in [-0.4, -0.2) is 21.0 Å². The Kier molecular flexibility index (Phi) is 4.59. The zero-order valence-corrected chi connectivity index (χ0v) is 11.7. The Hall–Kier alpha value is -2.06. The zero-order valence-electron chi connectivity index (χ0n) is 10.9. The van der Waals surface area contributed by atoms with E-state index in [1.165, 1.54) is 20.5 Å². The van der Waals surface area contributed by atoms with Gasteiger partial charge in [-0.2, -0.15) is 4.98 Å². The topological polar surface area (TPSA) is 90.1 Å². The van der Waals surface area contributed by atoms with Crippen LogP contribution in [-0.2, 0) is 13.1 Å². The van der Waals surface area contributed by atoms with Crippen molar-refractivity contribution in [3.63, 3.8) is 0 Å². The molecule has 0 aliphatic heterocycles. The number of nitrogens with zero attached hydrogens (tertiary/aromatic N) is 3. The second-order valence-electron chi connectivity index (χ2n) is 4.23. The number of aromatic nitrogens is 2. The molecule has 0 radical (unpaired) electrons. The van der Waals surface area contributed by atoms with Gasteiger partial charge in [-0.15, -0.1) is 11.3 Å². The quantitative estimate of drug-likeness (QED) is 0.493. The monoisotopic (exact) mass is 294 g/mol. The summed E-state index contributed by atoms with van der Waals surface area (Å²) in [5, 5.41) is 13.8. The normalized spacial score (nSPS) is 10.7. The van der Waals surface area contributed by atoms with Gasteiger partial charge in [0.05, 0.1) is 11.1 Å². The lowest BCUT2D eigenvalue weighted by atomic mass is 10.4. The standard InChI is InChI=1S/C12H14N4O3S/c1-9-2-3-11(20-9)7-13-4-5-15-8-10(16(18)19)6-14-12(15)17/h2-3,6,8,13H,4-5,7H2,1H3. The summed E-state index contributed by atoms with van der Waals surface area (Å²) in [4.78, 5) is 27.5. The molecule has 7 nitrogen and oxygen atoms in total. The van der Waals surface area contributed by atoms with Gasteiger partial charge >= 0.3 is 11.4 Å². The van der Waals surface area contributed by atoms with Gasteiger partial charge in [-0.1, -0.05) is 0 Å². The van der Waals surface area contributed by atoms with Gasteiger partial charge in [0.15, 0.2) is 0 Å². The fraction of sp³-hybridized carbons (Fsp3) is 0.333. The Morgan fingerprint density at radius 1 is 1.50 bits per heavy atom. The minimum atomic E-state index is -0.565. The average Bonchev–Trinajstić information content (AvgIpc) is 2.82. The Bertz CT molecular complexity index is 665. The molecule has 106 valence electrons. The SMILES string of the molecule is Cc1ccc(CNCCn2cc([N+](=O)[O-])cnc2=O)s1. The van der Waals surface area contributed by atoms with Crippen LogP contribution in [0.2, 0.25) is 0 Å². The third-order valence-corrected chi connectivity index (χ3v) is 3.68. The lowest BCUT2D eigenvalue weighted by Gasteiger charge is -2.05. The third-order valence-electron chi connectivity index (χ3n) is 2.68. The molecule has 2 heterocycles. The van der Waals surface area contributed by atoms with Crippen molar-refractivity contribution in [2.24, 2.45) is 0 Å². The number of nitrogens with one attached hydrogen (secondary N) is 1. The molecule has 2 aromatic rings. The molecular formula is C12H14N4O3S. The predicted molar refractivity (Wildman–Crippen MR) is 75.9 cm³/mol. The van der Waals surface area contributed by atoms with E-state index in [1.54, 1.807) is 11.3 Å². The average molecular weight is 294 g/mol. The van der Waals surface area contributed by atoms with E-state index in [0.717, 1.165) is 12.7 Å². The zero-order chi connectivity index (χ0) is 14.5. The fourth-order valence-electron chi connectivity index (χ4n) is 1.69. The summed E-state index contributed by atoms with van der Waals surface area (Å²) in [5.41, 5.74) is -0.664. The molecule has 20 heavy (non-hydrogen) atoms. The first-order valence-electron chi connectivity index (χ1n) is 6.03. The van der Waals surface area contributed by atoms with E-state index in [1.807, 2.05) is 13.0 Å². The van der Waals surface area contributed by atoms with E-state index >= 15 is 0 Å². The Labute approximate surface area is 119 Å². The molecule has 0 saturated carbocycles. The number of rotatable bonds is 6. The summed E-state index contributed by atoms with van der Waals surface area (Å²) in [5.74, 6) is 0. The molecule has 0 unspecified atom stereocenters. The van der Waals surface area contributed by atoms with Crippen molar-refractivity contribution < 1.29 is 4.92 Å². The Morgan fingerprint density at radius 3 is 2.95 bits per heavy atom. The second-order valence-corrected chi connectivity index (χ2v) is 5.61. The van der Waals surface area contributed by atoms with E-state index in [0.29, 0.717) is 13.1 Å². The maximum absolute atomic E-state index is 11.5. The smallest absolute Gasteiger partial charge is 0.310 e. The van der Waals surface area contributed by atoms with Crippen molar-refractivity contribution in [3.05, 3.63) is 54.9 Å². The number of thiophene rings is 1. The van der Waals surface area contributed by atoms with E-state index < -0.39 is 10.6 Å². The molecule has 0 amide bonds. The first-order valence-corrected chi connectivity index (χ1v) is 6.85. The van der Waals surface area contributed by atoms with E-state index in [9.17, 15) is 14.9 Å². The van der Waals surface area contributed by atoms with Crippen LogP contribution < -0.4 is 11.0 Å². The predicted octanol–water partition coefficient (Wildman–Crippen LogP) is 1.31. The molecule has 8 heteroatoms. The summed E-state index contributed by atoms with van der Waals surface area (Å²) in [6.07, 6.45) is 2.19. The van der Waals surface area contributed by atoms with Crippen LogP contribution in [0.25, 0.3) is 0 Å². The highest BCUT2D eigenvalue weighted by molar-refractivity contribution is 7.11. The number of hydrogen-bond acceptors (Lipinski definition) is 6. The fourth-order valence-corrected chi connectivity index (χ4v) is 2.55. The minimum absolute atomic E-state index is 0.182. The summed E-state index contributed by atoms with van der Waals surface area (Å²) in [6, 6.07) is 4.10. The molecule has 2 rings (SSSR count). The molecule has 0 aromatic carbocycles. The van der Waals surface area contributed by atoms with Gasteiger partial charge in [0.1, 0.15) is 6.20 Å². The van der Waals surface area contributed by atoms with Crippen LogP contribution in [0.1, 0.15) is 9.75 Å². The van der Waals surface area contributed by atoms with Crippen LogP contribution in [0.5, 0.6) is 0 Å². The Morgan fingerprint density at radius 2 is 2.30 bits per heavy atom. The summed E-state index contributed by atoms with van der Waals surface area (Å²) < 4.78 is 1.24. The minimum Gasteiger partial charge on any atom is -0.310 e. The van der Waals surface area contributed by atoms with Gasteiger partial charge in [-0.3, -0.25) is 14.7 Å². The summed E-state index contributed by atoms with van der Waals surface area (Å²) >= 11 is 1.71. The molecule has 0 atom stereocenters. The third kappa shape index (κ3) is 3.72. The number of hydrogen-bond donors (Lipinski definition) is 1. The van der Waals surface area contributed by atoms with Gasteiger partial charge in [-0.25, -0.2) is 4.79 Å². The maximum Gasteiger partial charge on any atom is 0.348 e. The van der Waals surface area contributed by atoms with Crippen molar-refractivity contribution in [2.75, 3.05) is 6.54 Å². The van der Waals surface area contributed by atoms with Gasteiger partial charge in [0.2, 0.25) is 0 Å². The lowest BCUT2D eigenvalue weighted by molar-refractivity contribution is -0.385. The summed E-state index contributed by atoms with van der Waals surface area (Å²) in [6.45, 7) is 3.65. The van der Waals surface area contributed by atoms with Crippen LogP contribution >= 0.6 is 11.3 Å². The largest absolute Gasteiger partial charge is 0.348 e. The lowest BCUT2D eigenvalue weighted by Crippen LogP contribution is -2.28. The molecule has 2 aromatic heterocycles. The van der Waals surface area contributed by atoms with Crippen molar-refractivity contribution in [2.45, 2.75) is 20.0 Å². The van der Waals surface area contributed by atoms with E-state index in [-0.39, 0.29) is 5.69 Å². The Balaban J connectivity index is 1.89.